The Bertz CT molecular complexity index is 423. The zero-order valence-corrected chi connectivity index (χ0v) is 11.4. The molecule has 1 rings (SSSR count). The fourth-order valence-electron chi connectivity index (χ4n) is 1.49. The molecule has 0 aliphatic heterocycles. The summed E-state index contributed by atoms with van der Waals surface area (Å²) in [5, 5.41) is 0. The molecule has 0 saturated heterocycles. The Hall–Kier alpha value is -1.00. The number of unbranched alkanes of at least 4 members (excludes halogenated alkanes) is 2. The second-order valence-corrected chi connectivity index (χ2v) is 6.06. The van der Waals surface area contributed by atoms with Crippen LogP contribution < -0.4 is 9.46 Å². The van der Waals surface area contributed by atoms with Crippen molar-refractivity contribution in [1.29, 1.82) is 0 Å². The Morgan fingerprint density at radius 2 is 1.94 bits per heavy atom. The third kappa shape index (κ3) is 4.40. The summed E-state index contributed by atoms with van der Waals surface area (Å²) in [7, 11) is -0.761. The molecule has 0 amide bonds. The van der Waals surface area contributed by atoms with Gasteiger partial charge in [0.1, 0.15) is 5.75 Å². The van der Waals surface area contributed by atoms with E-state index in [1.807, 2.05) is 0 Å². The quantitative estimate of drug-likeness (QED) is 0.600. The van der Waals surface area contributed by atoms with E-state index in [9.17, 15) is 4.21 Å². The van der Waals surface area contributed by atoms with Crippen LogP contribution in [0.1, 0.15) is 26.2 Å². The number of benzene rings is 1. The highest BCUT2D eigenvalue weighted by molar-refractivity contribution is 7.98. The number of hydrogen-bond acceptors (Lipinski definition) is 2. The largest absolute Gasteiger partial charge is 0.497 e. The van der Waals surface area contributed by atoms with E-state index in [4.69, 9.17) is 4.74 Å². The molecule has 1 N–H and O–H groups in total. The maximum Gasteiger partial charge on any atom is 0.118 e. The molecule has 0 heterocycles. The molecule has 0 bridgehead atoms. The molecule has 4 heteroatoms. The van der Waals surface area contributed by atoms with Crippen LogP contribution in [0.3, 0.4) is 0 Å². The summed E-state index contributed by atoms with van der Waals surface area (Å²) in [6.07, 6.45) is 3.33. The van der Waals surface area contributed by atoms with E-state index in [0.717, 1.165) is 36.5 Å². The molecule has 0 radical (unpaired) electrons. The molecular formula is C13H21NO2S. The van der Waals surface area contributed by atoms with Gasteiger partial charge in [0.25, 0.3) is 0 Å². The van der Waals surface area contributed by atoms with Gasteiger partial charge in [0, 0.05) is 11.4 Å². The van der Waals surface area contributed by atoms with Crippen LogP contribution in [0.5, 0.6) is 5.75 Å². The summed E-state index contributed by atoms with van der Waals surface area (Å²) in [5.74, 6) is 4.53. The minimum Gasteiger partial charge on any atom is -0.497 e. The lowest BCUT2D eigenvalue weighted by Crippen LogP contribution is -2.24. The fourth-order valence-corrected chi connectivity index (χ4v) is 2.71. The number of rotatable bonds is 7. The van der Waals surface area contributed by atoms with Crippen molar-refractivity contribution in [3.63, 3.8) is 0 Å². The number of nitrogens with one attached hydrogen (secondary N) is 1. The van der Waals surface area contributed by atoms with Crippen molar-refractivity contribution in [2.75, 3.05) is 13.7 Å². The molecule has 17 heavy (non-hydrogen) atoms. The van der Waals surface area contributed by atoms with Gasteiger partial charge >= 0.3 is 0 Å². The summed E-state index contributed by atoms with van der Waals surface area (Å²) in [6.45, 7) is 2.88. The highest BCUT2D eigenvalue weighted by Gasteiger charge is 2.06. The predicted molar refractivity (Wildman–Crippen MR) is 74.1 cm³/mol. The summed E-state index contributed by atoms with van der Waals surface area (Å²) >= 11 is 0. The van der Waals surface area contributed by atoms with Gasteiger partial charge in [-0.2, -0.15) is 0 Å². The van der Waals surface area contributed by atoms with Crippen LogP contribution in [0.2, 0.25) is 0 Å². The normalized spacial score (nSPS) is 14.2. The first kappa shape index (κ1) is 14.1. The molecule has 1 unspecified atom stereocenters. The average Bonchev–Trinajstić information content (AvgIpc) is 2.35. The predicted octanol–water partition coefficient (Wildman–Crippen LogP) is 2.47. The van der Waals surface area contributed by atoms with Crippen molar-refractivity contribution in [2.45, 2.75) is 31.1 Å². The van der Waals surface area contributed by atoms with E-state index in [0.29, 0.717) is 0 Å². The average molecular weight is 255 g/mol. The van der Waals surface area contributed by atoms with Gasteiger partial charge in [-0.25, -0.2) is 8.93 Å². The number of methoxy groups -OCH3 is 1. The van der Waals surface area contributed by atoms with E-state index in [1.165, 1.54) is 0 Å². The van der Waals surface area contributed by atoms with E-state index < -0.39 is 9.71 Å². The summed E-state index contributed by atoms with van der Waals surface area (Å²) in [4.78, 5) is 0.717. The SMILES string of the molecule is C=S(=O)(NCCCCC)c1ccc(OC)cc1. The Morgan fingerprint density at radius 1 is 1.29 bits per heavy atom. The molecule has 0 spiro atoms. The Kier molecular flexibility index (Phi) is 5.51. The van der Waals surface area contributed by atoms with Crippen LogP contribution >= 0.6 is 0 Å². The summed E-state index contributed by atoms with van der Waals surface area (Å²) < 4.78 is 20.4. The first-order chi connectivity index (χ1) is 8.10. The lowest BCUT2D eigenvalue weighted by molar-refractivity contribution is 0.414. The van der Waals surface area contributed by atoms with Crippen molar-refractivity contribution in [3.8, 4) is 5.75 Å². The highest BCUT2D eigenvalue weighted by atomic mass is 32.2. The second-order valence-electron chi connectivity index (χ2n) is 3.95. The molecular weight excluding hydrogens is 234 g/mol. The van der Waals surface area contributed by atoms with Crippen LogP contribution in [-0.4, -0.2) is 23.7 Å². The van der Waals surface area contributed by atoms with Crippen molar-refractivity contribution in [3.05, 3.63) is 24.3 Å². The Balaban J connectivity index is 2.62. The minimum atomic E-state index is -2.37. The summed E-state index contributed by atoms with van der Waals surface area (Å²) in [6, 6.07) is 7.18. The lowest BCUT2D eigenvalue weighted by atomic mass is 10.3. The van der Waals surface area contributed by atoms with Crippen LogP contribution in [0.4, 0.5) is 0 Å². The Labute approximate surface area is 104 Å². The van der Waals surface area contributed by atoms with E-state index in [1.54, 1.807) is 31.4 Å². The summed E-state index contributed by atoms with van der Waals surface area (Å²) in [5.41, 5.74) is 0. The molecule has 0 aliphatic carbocycles. The van der Waals surface area contributed by atoms with Crippen LogP contribution in [0.25, 0.3) is 0 Å². The number of ether oxygens (including phenoxy) is 1. The van der Waals surface area contributed by atoms with Gasteiger partial charge in [-0.3, -0.25) is 0 Å². The zero-order valence-electron chi connectivity index (χ0n) is 10.6. The molecule has 3 nitrogen and oxygen atoms in total. The molecule has 0 fully saturated rings. The molecule has 1 aromatic carbocycles. The van der Waals surface area contributed by atoms with Crippen LogP contribution in [-0.2, 0) is 9.71 Å². The molecule has 1 aromatic rings. The smallest absolute Gasteiger partial charge is 0.118 e. The minimum absolute atomic E-state index is 0.717. The van der Waals surface area contributed by atoms with E-state index in [-0.39, 0.29) is 0 Å². The third-order valence-electron chi connectivity index (χ3n) is 2.56. The zero-order chi connectivity index (χ0) is 12.7. The van der Waals surface area contributed by atoms with Gasteiger partial charge in [-0.1, -0.05) is 19.8 Å². The van der Waals surface area contributed by atoms with E-state index >= 15 is 0 Å². The van der Waals surface area contributed by atoms with Crippen molar-refractivity contribution < 1.29 is 8.95 Å². The molecule has 0 aliphatic rings. The van der Waals surface area contributed by atoms with Crippen LogP contribution in [0, 0.1) is 0 Å². The molecule has 96 valence electrons. The van der Waals surface area contributed by atoms with Crippen LogP contribution in [0.15, 0.2) is 29.2 Å². The van der Waals surface area contributed by atoms with Gasteiger partial charge < -0.3 is 4.74 Å². The van der Waals surface area contributed by atoms with Crippen molar-refractivity contribution in [2.24, 2.45) is 0 Å². The third-order valence-corrected chi connectivity index (χ3v) is 4.26. The maximum atomic E-state index is 12.3. The van der Waals surface area contributed by atoms with Crippen molar-refractivity contribution >= 4 is 15.6 Å². The monoisotopic (exact) mass is 255 g/mol. The highest BCUT2D eigenvalue weighted by Crippen LogP contribution is 2.15. The van der Waals surface area contributed by atoms with Gasteiger partial charge in [-0.15, -0.1) is 0 Å². The van der Waals surface area contributed by atoms with Gasteiger partial charge in [-0.05, 0) is 36.6 Å². The molecule has 0 saturated carbocycles. The molecule has 0 aromatic heterocycles. The fraction of sp³-hybridized carbons (Fsp3) is 0.462. The maximum absolute atomic E-state index is 12.3. The standard InChI is InChI=1S/C13H21NO2S/c1-4-5-6-11-14-17(3,15)13-9-7-12(16-2)8-10-13/h7-10H,3-6,11H2,1-2H3,(H,14,15). The second kappa shape index (κ2) is 6.67. The van der Waals surface area contributed by atoms with Gasteiger partial charge in [0.05, 0.1) is 16.8 Å². The first-order valence-electron chi connectivity index (χ1n) is 5.86. The van der Waals surface area contributed by atoms with Gasteiger partial charge in [0.15, 0.2) is 0 Å². The first-order valence-corrected chi connectivity index (χ1v) is 7.59. The Morgan fingerprint density at radius 3 is 2.47 bits per heavy atom. The number of hydrogen-bond donors (Lipinski definition) is 1. The lowest BCUT2D eigenvalue weighted by Gasteiger charge is -2.11. The topological polar surface area (TPSA) is 38.3 Å². The van der Waals surface area contributed by atoms with E-state index in [2.05, 4.69) is 17.5 Å². The van der Waals surface area contributed by atoms with Gasteiger partial charge in [0.2, 0.25) is 0 Å². The van der Waals surface area contributed by atoms with Crippen molar-refractivity contribution in [1.82, 2.24) is 4.72 Å². The molecule has 1 atom stereocenters.